The predicted molar refractivity (Wildman–Crippen MR) is 55.8 cm³/mol. The first-order chi connectivity index (χ1) is 7.63. The third-order valence-electron chi connectivity index (χ3n) is 2.12. The number of aliphatic hydroxyl groups is 1. The van der Waals surface area contributed by atoms with Gasteiger partial charge in [-0.15, -0.1) is 0 Å². The number of aliphatic hydroxyl groups excluding tert-OH is 1. The number of rotatable bonds is 4. The largest absolute Gasteiger partial charge is 0.493 e. The van der Waals surface area contributed by atoms with Crippen molar-refractivity contribution in [2.45, 2.75) is 0 Å². The van der Waals surface area contributed by atoms with Crippen LogP contribution in [0.1, 0.15) is 5.56 Å². The second kappa shape index (κ2) is 5.46. The van der Waals surface area contributed by atoms with Gasteiger partial charge in [0.15, 0.2) is 11.5 Å². The van der Waals surface area contributed by atoms with E-state index in [1.54, 1.807) is 0 Å². The Morgan fingerprint density at radius 3 is 2.25 bits per heavy atom. The highest BCUT2D eigenvalue weighted by atomic mass is 19.3. The molecule has 0 bridgehead atoms. The molecule has 16 heavy (non-hydrogen) atoms. The van der Waals surface area contributed by atoms with Gasteiger partial charge in [-0.2, -0.15) is 8.78 Å². The predicted octanol–water partition coefficient (Wildman–Crippen LogP) is 2.30. The van der Waals surface area contributed by atoms with E-state index < -0.39 is 18.3 Å². The Kier molecular flexibility index (Phi) is 4.25. The summed E-state index contributed by atoms with van der Waals surface area (Å²) in [7, 11) is 2.87. The van der Waals surface area contributed by atoms with Gasteiger partial charge in [0.2, 0.25) is 0 Å². The Morgan fingerprint density at radius 2 is 1.81 bits per heavy atom. The summed E-state index contributed by atoms with van der Waals surface area (Å²) in [6, 6.07) is 4.34. The summed E-state index contributed by atoms with van der Waals surface area (Å²) in [6.45, 7) is -0.724. The summed E-state index contributed by atoms with van der Waals surface area (Å²) in [5.74, 6) is 0.787. The van der Waals surface area contributed by atoms with E-state index in [1.807, 2.05) is 0 Å². The van der Waals surface area contributed by atoms with Crippen molar-refractivity contribution < 1.29 is 23.4 Å². The molecule has 0 saturated carbocycles. The van der Waals surface area contributed by atoms with Gasteiger partial charge in [0, 0.05) is 0 Å². The number of hydrogen-bond acceptors (Lipinski definition) is 3. The fourth-order valence-corrected chi connectivity index (χ4v) is 1.28. The van der Waals surface area contributed by atoms with E-state index in [-0.39, 0.29) is 5.56 Å². The molecule has 1 rings (SSSR count). The van der Waals surface area contributed by atoms with Crippen molar-refractivity contribution in [2.75, 3.05) is 20.8 Å². The molecular weight excluding hydrogens is 218 g/mol. The molecule has 0 aromatic heterocycles. The van der Waals surface area contributed by atoms with Gasteiger partial charge < -0.3 is 14.6 Å². The molecule has 0 aliphatic heterocycles. The van der Waals surface area contributed by atoms with Gasteiger partial charge in [-0.05, 0) is 17.7 Å². The minimum atomic E-state index is -1.91. The Balaban J connectivity index is 3.22. The van der Waals surface area contributed by atoms with Crippen molar-refractivity contribution in [3.63, 3.8) is 0 Å². The summed E-state index contributed by atoms with van der Waals surface area (Å²) in [5.41, 5.74) is -0.207. The minimum absolute atomic E-state index is 0.208. The highest BCUT2D eigenvalue weighted by molar-refractivity contribution is 5.69. The molecule has 0 aliphatic carbocycles. The molecule has 3 nitrogen and oxygen atoms in total. The molecule has 0 radical (unpaired) electrons. The average molecular weight is 230 g/mol. The lowest BCUT2D eigenvalue weighted by Crippen LogP contribution is -1.95. The van der Waals surface area contributed by atoms with Crippen molar-refractivity contribution in [3.8, 4) is 11.5 Å². The lowest BCUT2D eigenvalue weighted by atomic mass is 10.1. The van der Waals surface area contributed by atoms with Gasteiger partial charge in [-0.1, -0.05) is 6.07 Å². The normalized spacial score (nSPS) is 9.81. The summed E-state index contributed by atoms with van der Waals surface area (Å²) in [5, 5.41) is 8.83. The zero-order valence-electron chi connectivity index (χ0n) is 8.96. The first-order valence-corrected chi connectivity index (χ1v) is 4.51. The van der Waals surface area contributed by atoms with Crippen LogP contribution in [0.25, 0.3) is 5.57 Å². The first-order valence-electron chi connectivity index (χ1n) is 4.51. The van der Waals surface area contributed by atoms with Crippen LogP contribution in [-0.4, -0.2) is 25.9 Å². The van der Waals surface area contributed by atoms with Gasteiger partial charge >= 0.3 is 0 Å². The topological polar surface area (TPSA) is 38.7 Å². The van der Waals surface area contributed by atoms with Crippen molar-refractivity contribution in [2.24, 2.45) is 0 Å². The zero-order valence-corrected chi connectivity index (χ0v) is 8.96. The van der Waals surface area contributed by atoms with Gasteiger partial charge in [0.1, 0.15) is 0 Å². The van der Waals surface area contributed by atoms with Crippen molar-refractivity contribution in [1.29, 1.82) is 0 Å². The molecule has 88 valence electrons. The van der Waals surface area contributed by atoms with Crippen LogP contribution in [0.5, 0.6) is 11.5 Å². The maximum absolute atomic E-state index is 12.5. The fourth-order valence-electron chi connectivity index (χ4n) is 1.28. The number of methoxy groups -OCH3 is 2. The van der Waals surface area contributed by atoms with Crippen LogP contribution >= 0.6 is 0 Å². The Bertz CT molecular complexity index is 398. The second-order valence-electron chi connectivity index (χ2n) is 2.97. The smallest absolute Gasteiger partial charge is 0.276 e. The van der Waals surface area contributed by atoms with Gasteiger partial charge in [0.25, 0.3) is 6.08 Å². The molecule has 0 fully saturated rings. The molecule has 0 atom stereocenters. The van der Waals surface area contributed by atoms with Crippen LogP contribution in [0.3, 0.4) is 0 Å². The molecule has 0 aliphatic rings. The lowest BCUT2D eigenvalue weighted by Gasteiger charge is -2.10. The zero-order chi connectivity index (χ0) is 12.1. The Hall–Kier alpha value is -1.62. The molecular formula is C11H12F2O3. The van der Waals surface area contributed by atoms with E-state index in [1.165, 1.54) is 32.4 Å². The van der Waals surface area contributed by atoms with E-state index in [4.69, 9.17) is 14.6 Å². The summed E-state index contributed by atoms with van der Waals surface area (Å²) in [4.78, 5) is 0. The summed E-state index contributed by atoms with van der Waals surface area (Å²) < 4.78 is 34.9. The molecule has 0 saturated heterocycles. The van der Waals surface area contributed by atoms with E-state index in [0.717, 1.165) is 0 Å². The van der Waals surface area contributed by atoms with Crippen LogP contribution in [0.15, 0.2) is 24.3 Å². The van der Waals surface area contributed by atoms with Crippen LogP contribution in [-0.2, 0) is 0 Å². The minimum Gasteiger partial charge on any atom is -0.493 e. The van der Waals surface area contributed by atoms with Crippen LogP contribution in [0.2, 0.25) is 0 Å². The molecule has 0 heterocycles. The van der Waals surface area contributed by atoms with Crippen LogP contribution in [0, 0.1) is 0 Å². The molecule has 5 heteroatoms. The number of hydrogen-bond donors (Lipinski definition) is 1. The van der Waals surface area contributed by atoms with E-state index in [9.17, 15) is 8.78 Å². The molecule has 1 aromatic carbocycles. The molecule has 0 amide bonds. The number of halogens is 2. The number of benzene rings is 1. The quantitative estimate of drug-likeness (QED) is 0.862. The molecule has 1 aromatic rings. The number of ether oxygens (including phenoxy) is 2. The standard InChI is InChI=1S/C11H12F2O3/c1-15-9-4-3-7(5-10(9)16-2)8(6-14)11(12)13/h3-5,14H,6H2,1-2H3. The summed E-state index contributed by atoms with van der Waals surface area (Å²) in [6.07, 6.45) is -1.91. The maximum atomic E-state index is 12.5. The van der Waals surface area contributed by atoms with Gasteiger partial charge in [-0.25, -0.2) is 0 Å². The van der Waals surface area contributed by atoms with Gasteiger partial charge in [-0.3, -0.25) is 0 Å². The van der Waals surface area contributed by atoms with Crippen molar-refractivity contribution in [3.05, 3.63) is 29.8 Å². The van der Waals surface area contributed by atoms with Crippen LogP contribution in [0.4, 0.5) is 8.78 Å². The Morgan fingerprint density at radius 1 is 1.19 bits per heavy atom. The third-order valence-corrected chi connectivity index (χ3v) is 2.12. The third kappa shape index (κ3) is 2.49. The lowest BCUT2D eigenvalue weighted by molar-refractivity contribution is 0.336. The first kappa shape index (κ1) is 12.4. The highest BCUT2D eigenvalue weighted by Gasteiger charge is 2.11. The fraction of sp³-hybridized carbons (Fsp3) is 0.273. The average Bonchev–Trinajstić information content (AvgIpc) is 2.29. The van der Waals surface area contributed by atoms with E-state index in [2.05, 4.69) is 0 Å². The Labute approximate surface area is 91.9 Å². The van der Waals surface area contributed by atoms with Crippen LogP contribution < -0.4 is 9.47 Å². The van der Waals surface area contributed by atoms with Crippen molar-refractivity contribution >= 4 is 5.57 Å². The molecule has 0 spiro atoms. The summed E-state index contributed by atoms with van der Waals surface area (Å²) >= 11 is 0. The monoisotopic (exact) mass is 230 g/mol. The molecule has 1 N–H and O–H groups in total. The highest BCUT2D eigenvalue weighted by Crippen LogP contribution is 2.31. The second-order valence-corrected chi connectivity index (χ2v) is 2.97. The maximum Gasteiger partial charge on any atom is 0.276 e. The SMILES string of the molecule is COc1ccc(C(CO)=C(F)F)cc1OC. The van der Waals surface area contributed by atoms with Crippen molar-refractivity contribution in [1.82, 2.24) is 0 Å². The van der Waals surface area contributed by atoms with Gasteiger partial charge in [0.05, 0.1) is 26.4 Å². The van der Waals surface area contributed by atoms with E-state index in [0.29, 0.717) is 11.5 Å². The van der Waals surface area contributed by atoms with E-state index >= 15 is 0 Å². The molecule has 0 unspecified atom stereocenters.